The van der Waals surface area contributed by atoms with Crippen molar-refractivity contribution < 1.29 is 28.3 Å². The van der Waals surface area contributed by atoms with Gasteiger partial charge in [-0.1, -0.05) is 0 Å². The molecule has 0 N–H and O–H groups in total. The van der Waals surface area contributed by atoms with Gasteiger partial charge in [0.2, 0.25) is 11.4 Å². The van der Waals surface area contributed by atoms with Gasteiger partial charge in [-0.2, -0.15) is 0 Å². The summed E-state index contributed by atoms with van der Waals surface area (Å²) in [5.74, 6) is -0.303. The Labute approximate surface area is 131 Å². The number of carbonyl (C=O) groups excluding carboxylic acids is 1. The van der Waals surface area contributed by atoms with Crippen molar-refractivity contribution in [3.05, 3.63) is 59.7 Å². The van der Waals surface area contributed by atoms with Gasteiger partial charge in [0.25, 0.3) is 0 Å². The highest BCUT2D eigenvalue weighted by molar-refractivity contribution is 5.89. The summed E-state index contributed by atoms with van der Waals surface area (Å²) in [4.78, 5) is 11.6. The summed E-state index contributed by atoms with van der Waals surface area (Å²) in [5, 5.41) is 15.6. The first-order valence-electron chi connectivity index (χ1n) is 7.07. The molecular formula is C16H14N2O5. The van der Waals surface area contributed by atoms with Crippen LogP contribution in [0.2, 0.25) is 0 Å². The van der Waals surface area contributed by atoms with Gasteiger partial charge in [-0.05, 0) is 35.9 Å². The summed E-state index contributed by atoms with van der Waals surface area (Å²) < 4.78 is 16.3. The summed E-state index contributed by atoms with van der Waals surface area (Å²) in [6, 6.07) is 10.1. The first-order chi connectivity index (χ1) is 11.2. The third-order valence-corrected chi connectivity index (χ3v) is 3.24. The van der Waals surface area contributed by atoms with Gasteiger partial charge in [0, 0.05) is 12.1 Å². The van der Waals surface area contributed by atoms with Gasteiger partial charge in [-0.25, -0.2) is 4.79 Å². The second-order valence-electron chi connectivity index (χ2n) is 4.74. The maximum Gasteiger partial charge on any atom is 0.338 e. The zero-order valence-electron chi connectivity index (χ0n) is 12.4. The maximum atomic E-state index is 11.8. The lowest BCUT2D eigenvalue weighted by Crippen LogP contribution is -2.37. The van der Waals surface area contributed by atoms with Crippen molar-refractivity contribution in [2.24, 2.45) is 0 Å². The number of furan rings is 1. The number of carbonyl (C=O) groups is 1. The highest BCUT2D eigenvalue weighted by atomic mass is 16.6. The van der Waals surface area contributed by atoms with Crippen molar-refractivity contribution in [3.63, 3.8) is 0 Å². The van der Waals surface area contributed by atoms with Crippen molar-refractivity contribution >= 4 is 5.97 Å². The largest absolute Gasteiger partial charge is 0.539 e. The molecule has 0 saturated carbocycles. The highest BCUT2D eigenvalue weighted by Crippen LogP contribution is 2.16. The van der Waals surface area contributed by atoms with Crippen LogP contribution < -0.4 is 9.79 Å². The first-order valence-corrected chi connectivity index (χ1v) is 7.07. The molecule has 0 fully saturated rings. The molecule has 7 heteroatoms. The van der Waals surface area contributed by atoms with Crippen LogP contribution in [0.1, 0.15) is 28.7 Å². The van der Waals surface area contributed by atoms with E-state index in [1.807, 2.05) is 0 Å². The molecule has 23 heavy (non-hydrogen) atoms. The van der Waals surface area contributed by atoms with Crippen molar-refractivity contribution in [1.29, 1.82) is 0 Å². The Morgan fingerprint density at radius 1 is 1.30 bits per heavy atom. The number of aromatic nitrogens is 2. The van der Waals surface area contributed by atoms with E-state index in [9.17, 15) is 9.90 Å². The van der Waals surface area contributed by atoms with Crippen LogP contribution in [0.25, 0.3) is 5.69 Å². The van der Waals surface area contributed by atoms with Crippen LogP contribution in [-0.2, 0) is 11.2 Å². The third-order valence-electron chi connectivity index (χ3n) is 3.24. The van der Waals surface area contributed by atoms with Crippen LogP contribution in [-0.4, -0.2) is 17.8 Å². The van der Waals surface area contributed by atoms with Gasteiger partial charge < -0.3 is 18.8 Å². The lowest BCUT2D eigenvalue weighted by Gasteiger charge is -2.01. The number of nitrogens with zero attached hydrogens (tertiary/aromatic N) is 2. The van der Waals surface area contributed by atoms with Crippen molar-refractivity contribution in [3.8, 4) is 11.6 Å². The first kappa shape index (κ1) is 14.8. The normalized spacial score (nSPS) is 10.7. The minimum absolute atomic E-state index is 0.259. The number of rotatable bonds is 5. The molecule has 2 heterocycles. The van der Waals surface area contributed by atoms with Gasteiger partial charge in [-0.15, -0.1) is 0 Å². The van der Waals surface area contributed by atoms with Gasteiger partial charge in [0.15, 0.2) is 5.95 Å². The Bertz CT molecular complexity index is 791. The second-order valence-corrected chi connectivity index (χ2v) is 4.74. The molecule has 0 bridgehead atoms. The van der Waals surface area contributed by atoms with Crippen LogP contribution in [0.4, 0.5) is 0 Å². The van der Waals surface area contributed by atoms with E-state index in [-0.39, 0.29) is 6.42 Å². The standard InChI is InChI=1S/C16H14N2O5/c1-2-21-15(19)11-5-7-12(8-6-11)18-14(16(20)23-17-18)10-13-4-3-9-22-13/h3-9H,2,10H2,1H3. The van der Waals surface area contributed by atoms with Gasteiger partial charge in [0.1, 0.15) is 5.76 Å². The average molecular weight is 314 g/mol. The maximum absolute atomic E-state index is 11.8. The topological polar surface area (TPSA) is 92.4 Å². The Hall–Kier alpha value is -3.09. The third kappa shape index (κ3) is 3.08. The number of ether oxygens (including phenoxy) is 1. The number of hydrogen-bond donors (Lipinski definition) is 0. The molecule has 2 aromatic heterocycles. The van der Waals surface area contributed by atoms with Gasteiger partial charge in [0.05, 0.1) is 30.1 Å². The molecule has 0 spiro atoms. The molecule has 0 unspecified atom stereocenters. The molecular weight excluding hydrogens is 300 g/mol. The van der Waals surface area contributed by atoms with Crippen LogP contribution >= 0.6 is 0 Å². The van der Waals surface area contributed by atoms with Gasteiger partial charge in [-0.3, -0.25) is 0 Å². The van der Waals surface area contributed by atoms with E-state index >= 15 is 0 Å². The molecule has 3 rings (SSSR count). The molecule has 3 aromatic rings. The Morgan fingerprint density at radius 3 is 2.74 bits per heavy atom. The fourth-order valence-corrected chi connectivity index (χ4v) is 2.15. The summed E-state index contributed by atoms with van der Waals surface area (Å²) in [6.07, 6.45) is 1.79. The second kappa shape index (κ2) is 6.35. The van der Waals surface area contributed by atoms with Crippen LogP contribution in [0.3, 0.4) is 0 Å². The van der Waals surface area contributed by atoms with E-state index in [2.05, 4.69) is 5.27 Å². The zero-order valence-corrected chi connectivity index (χ0v) is 12.4. The van der Waals surface area contributed by atoms with E-state index in [1.54, 1.807) is 43.3 Å². The van der Waals surface area contributed by atoms with Crippen molar-refractivity contribution in [1.82, 2.24) is 5.27 Å². The molecule has 0 radical (unpaired) electrons. The monoisotopic (exact) mass is 314 g/mol. The molecule has 118 valence electrons. The predicted molar refractivity (Wildman–Crippen MR) is 75.0 cm³/mol. The average Bonchev–Trinajstić information content (AvgIpc) is 3.19. The highest BCUT2D eigenvalue weighted by Gasteiger charge is 2.22. The summed E-state index contributed by atoms with van der Waals surface area (Å²) in [6.45, 7) is 2.06. The molecule has 1 aromatic carbocycles. The fraction of sp³-hybridized carbons (Fsp3) is 0.188. The lowest BCUT2D eigenvalue weighted by atomic mass is 10.2. The Morgan fingerprint density at radius 2 is 2.09 bits per heavy atom. The van der Waals surface area contributed by atoms with E-state index < -0.39 is 11.9 Å². The minimum atomic E-state index is -0.532. The Kier molecular flexibility index (Phi) is 4.09. The molecule has 7 nitrogen and oxygen atoms in total. The fourth-order valence-electron chi connectivity index (χ4n) is 2.15. The summed E-state index contributed by atoms with van der Waals surface area (Å²) in [5.41, 5.74) is 1.36. The molecule has 0 aliphatic carbocycles. The Balaban J connectivity index is 1.88. The van der Waals surface area contributed by atoms with Crippen LogP contribution in [0, 0.1) is 0 Å². The smallest absolute Gasteiger partial charge is 0.338 e. The summed E-state index contributed by atoms with van der Waals surface area (Å²) in [7, 11) is 0. The van der Waals surface area contributed by atoms with E-state index in [0.717, 1.165) is 0 Å². The summed E-state index contributed by atoms with van der Waals surface area (Å²) >= 11 is 0. The van der Waals surface area contributed by atoms with E-state index in [1.165, 1.54) is 10.9 Å². The predicted octanol–water partition coefficient (Wildman–Crippen LogP) is 1.39. The van der Waals surface area contributed by atoms with Crippen LogP contribution in [0.15, 0.2) is 51.6 Å². The van der Waals surface area contributed by atoms with Gasteiger partial charge >= 0.3 is 5.97 Å². The van der Waals surface area contributed by atoms with E-state index in [4.69, 9.17) is 13.7 Å². The number of esters is 1. The van der Waals surface area contributed by atoms with Crippen molar-refractivity contribution in [2.45, 2.75) is 13.3 Å². The molecule has 0 saturated heterocycles. The zero-order chi connectivity index (χ0) is 16.2. The quantitative estimate of drug-likeness (QED) is 0.522. The molecule has 0 atom stereocenters. The number of benzene rings is 1. The lowest BCUT2D eigenvalue weighted by molar-refractivity contribution is -0.677. The van der Waals surface area contributed by atoms with E-state index in [0.29, 0.717) is 29.3 Å². The minimum Gasteiger partial charge on any atom is -0.539 e. The molecule has 0 aliphatic heterocycles. The van der Waals surface area contributed by atoms with Crippen LogP contribution in [0.5, 0.6) is 5.95 Å². The van der Waals surface area contributed by atoms with Crippen molar-refractivity contribution in [2.75, 3.05) is 6.61 Å². The number of hydrogen-bond acceptors (Lipinski definition) is 6. The molecule has 0 amide bonds. The molecule has 0 aliphatic rings. The SMILES string of the molecule is CCOC(=O)c1ccc(-[n+]2noc([O-])c2Cc2ccco2)cc1.